The van der Waals surface area contributed by atoms with Gasteiger partial charge in [-0.2, -0.15) is 0 Å². The molecule has 19 heavy (non-hydrogen) atoms. The van der Waals surface area contributed by atoms with E-state index in [1.807, 2.05) is 30.0 Å². The van der Waals surface area contributed by atoms with Crippen molar-refractivity contribution in [1.29, 1.82) is 0 Å². The summed E-state index contributed by atoms with van der Waals surface area (Å²) in [6, 6.07) is 5.64. The number of hydrogen-bond donors (Lipinski definition) is 1. The summed E-state index contributed by atoms with van der Waals surface area (Å²) in [6.45, 7) is 4.97. The number of carbonyl (C=O) groups excluding carboxylic acids is 1. The van der Waals surface area contributed by atoms with E-state index in [1.54, 1.807) is 6.92 Å². The molecule has 0 fully saturated rings. The van der Waals surface area contributed by atoms with Gasteiger partial charge < -0.3 is 15.4 Å². The van der Waals surface area contributed by atoms with E-state index in [1.165, 1.54) is 0 Å². The summed E-state index contributed by atoms with van der Waals surface area (Å²) >= 11 is 8.44. The molecule has 0 saturated carbocycles. The molecule has 0 aromatic heterocycles. The van der Waals surface area contributed by atoms with E-state index in [-0.39, 0.29) is 12.5 Å². The van der Waals surface area contributed by atoms with Gasteiger partial charge in [-0.25, -0.2) is 0 Å². The van der Waals surface area contributed by atoms with E-state index in [2.05, 4.69) is 15.9 Å². The highest BCUT2D eigenvalue weighted by molar-refractivity contribution is 9.10. The summed E-state index contributed by atoms with van der Waals surface area (Å²) < 4.78 is 5.86. The maximum Gasteiger partial charge on any atom is 0.325 e. The van der Waals surface area contributed by atoms with E-state index >= 15 is 0 Å². The Balaban J connectivity index is 3.04. The highest BCUT2D eigenvalue weighted by Crippen LogP contribution is 2.24. The van der Waals surface area contributed by atoms with Crippen LogP contribution in [0, 0.1) is 0 Å². The maximum absolute atomic E-state index is 11.6. The first-order valence-corrected chi connectivity index (χ1v) is 7.19. The molecular formula is C13H17BrN2O2S. The summed E-state index contributed by atoms with van der Waals surface area (Å²) in [7, 11) is 0. The second kappa shape index (κ2) is 7.45. The number of carbonyl (C=O) groups is 1. The number of rotatable bonds is 6. The number of thiocarbonyl (C=S) groups is 1. The van der Waals surface area contributed by atoms with Gasteiger partial charge in [0.2, 0.25) is 0 Å². The van der Waals surface area contributed by atoms with E-state index in [0.717, 1.165) is 15.7 Å². The first-order chi connectivity index (χ1) is 8.99. The monoisotopic (exact) mass is 344 g/mol. The molecule has 0 aliphatic rings. The number of halogens is 1. The lowest BCUT2D eigenvalue weighted by molar-refractivity contribution is -0.141. The molecular weight excluding hydrogens is 328 g/mol. The van der Waals surface area contributed by atoms with Crippen molar-refractivity contribution in [3.05, 3.63) is 28.2 Å². The number of hydrogen-bond acceptors (Lipinski definition) is 4. The molecule has 104 valence electrons. The molecule has 0 unspecified atom stereocenters. The van der Waals surface area contributed by atoms with Gasteiger partial charge in [-0.1, -0.05) is 28.1 Å². The van der Waals surface area contributed by atoms with Crippen LogP contribution in [0.15, 0.2) is 22.7 Å². The van der Waals surface area contributed by atoms with Crippen LogP contribution in [-0.4, -0.2) is 30.7 Å². The second-order valence-electron chi connectivity index (χ2n) is 3.84. The SMILES string of the molecule is CCOC(=O)CN(CC)c1ccc(Br)cc1C(N)=S. The fraction of sp³-hybridized carbons (Fsp3) is 0.385. The van der Waals surface area contributed by atoms with Crippen LogP contribution in [0.2, 0.25) is 0 Å². The van der Waals surface area contributed by atoms with Gasteiger partial charge >= 0.3 is 5.97 Å². The number of esters is 1. The average molecular weight is 345 g/mol. The van der Waals surface area contributed by atoms with Crippen LogP contribution in [-0.2, 0) is 9.53 Å². The highest BCUT2D eigenvalue weighted by atomic mass is 79.9. The van der Waals surface area contributed by atoms with Crippen molar-refractivity contribution < 1.29 is 9.53 Å². The minimum absolute atomic E-state index is 0.182. The number of nitrogens with two attached hydrogens (primary N) is 1. The molecule has 0 radical (unpaired) electrons. The van der Waals surface area contributed by atoms with Gasteiger partial charge in [-0.05, 0) is 32.0 Å². The largest absolute Gasteiger partial charge is 0.465 e. The molecule has 0 spiro atoms. The van der Waals surface area contributed by atoms with Crippen LogP contribution < -0.4 is 10.6 Å². The lowest BCUT2D eigenvalue weighted by atomic mass is 10.1. The number of likely N-dealkylation sites (N-methyl/N-ethyl adjacent to an activating group) is 1. The molecule has 4 nitrogen and oxygen atoms in total. The Labute approximate surface area is 127 Å². The Hall–Kier alpha value is -1.14. The van der Waals surface area contributed by atoms with Crippen molar-refractivity contribution in [3.63, 3.8) is 0 Å². The Morgan fingerprint density at radius 1 is 1.47 bits per heavy atom. The van der Waals surface area contributed by atoms with Crippen molar-refractivity contribution in [2.24, 2.45) is 5.73 Å². The summed E-state index contributed by atoms with van der Waals surface area (Å²) in [6.07, 6.45) is 0. The summed E-state index contributed by atoms with van der Waals surface area (Å²) in [5.41, 5.74) is 7.32. The third kappa shape index (κ3) is 4.47. The predicted molar refractivity (Wildman–Crippen MR) is 84.5 cm³/mol. The Bertz CT molecular complexity index is 480. The summed E-state index contributed by atoms with van der Waals surface area (Å²) in [5, 5.41) is 0. The summed E-state index contributed by atoms with van der Waals surface area (Å²) in [5.74, 6) is -0.263. The molecule has 1 rings (SSSR count). The lowest BCUT2D eigenvalue weighted by Gasteiger charge is -2.24. The molecule has 0 bridgehead atoms. The van der Waals surface area contributed by atoms with Gasteiger partial charge in [0.05, 0.1) is 6.61 Å². The zero-order valence-electron chi connectivity index (χ0n) is 11.0. The van der Waals surface area contributed by atoms with Crippen LogP contribution in [0.4, 0.5) is 5.69 Å². The lowest BCUT2D eigenvalue weighted by Crippen LogP contribution is -2.32. The number of ether oxygens (including phenoxy) is 1. The minimum Gasteiger partial charge on any atom is -0.465 e. The maximum atomic E-state index is 11.6. The van der Waals surface area contributed by atoms with Crippen LogP contribution in [0.5, 0.6) is 0 Å². The quantitative estimate of drug-likeness (QED) is 0.634. The van der Waals surface area contributed by atoms with Gasteiger partial charge in [0.15, 0.2) is 0 Å². The normalized spacial score (nSPS) is 10.1. The number of anilines is 1. The first-order valence-electron chi connectivity index (χ1n) is 5.99. The Kier molecular flexibility index (Phi) is 6.24. The minimum atomic E-state index is -0.263. The van der Waals surface area contributed by atoms with E-state index in [0.29, 0.717) is 18.1 Å². The zero-order chi connectivity index (χ0) is 14.4. The van der Waals surface area contributed by atoms with Crippen LogP contribution in [0.25, 0.3) is 0 Å². The van der Waals surface area contributed by atoms with E-state index in [9.17, 15) is 4.79 Å². The van der Waals surface area contributed by atoms with E-state index in [4.69, 9.17) is 22.7 Å². The van der Waals surface area contributed by atoms with E-state index < -0.39 is 0 Å². The fourth-order valence-electron chi connectivity index (χ4n) is 1.71. The number of benzene rings is 1. The van der Waals surface area contributed by atoms with Gasteiger partial charge in [0.25, 0.3) is 0 Å². The van der Waals surface area contributed by atoms with Gasteiger partial charge in [0, 0.05) is 22.3 Å². The number of nitrogens with zero attached hydrogens (tertiary/aromatic N) is 1. The second-order valence-corrected chi connectivity index (χ2v) is 5.20. The standard InChI is InChI=1S/C13H17BrN2O2S/c1-3-16(8-12(17)18-4-2)11-6-5-9(14)7-10(11)13(15)19/h5-7H,3-4,8H2,1-2H3,(H2,15,19). The third-order valence-corrected chi connectivity index (χ3v) is 3.28. The van der Waals surface area contributed by atoms with Crippen LogP contribution in [0.3, 0.4) is 0 Å². The Morgan fingerprint density at radius 3 is 2.68 bits per heavy atom. The van der Waals surface area contributed by atoms with Crippen molar-refractivity contribution >= 4 is 44.8 Å². The van der Waals surface area contributed by atoms with Crippen molar-refractivity contribution in [1.82, 2.24) is 0 Å². The first kappa shape index (κ1) is 15.9. The van der Waals surface area contributed by atoms with Crippen molar-refractivity contribution in [3.8, 4) is 0 Å². The fourth-order valence-corrected chi connectivity index (χ4v) is 2.24. The molecule has 0 aliphatic carbocycles. The highest BCUT2D eigenvalue weighted by Gasteiger charge is 2.15. The Morgan fingerprint density at radius 2 is 2.16 bits per heavy atom. The zero-order valence-corrected chi connectivity index (χ0v) is 13.4. The molecule has 1 aromatic rings. The predicted octanol–water partition coefficient (Wildman–Crippen LogP) is 2.47. The molecule has 2 N–H and O–H groups in total. The van der Waals surface area contributed by atoms with Crippen LogP contribution >= 0.6 is 28.1 Å². The smallest absolute Gasteiger partial charge is 0.325 e. The topological polar surface area (TPSA) is 55.6 Å². The molecule has 0 heterocycles. The third-order valence-electron chi connectivity index (χ3n) is 2.57. The molecule has 0 aliphatic heterocycles. The van der Waals surface area contributed by atoms with Gasteiger partial charge in [0.1, 0.15) is 11.5 Å². The molecule has 6 heteroatoms. The molecule has 0 amide bonds. The summed E-state index contributed by atoms with van der Waals surface area (Å²) in [4.78, 5) is 13.8. The van der Waals surface area contributed by atoms with Gasteiger partial charge in [-0.15, -0.1) is 0 Å². The van der Waals surface area contributed by atoms with Crippen molar-refractivity contribution in [2.45, 2.75) is 13.8 Å². The van der Waals surface area contributed by atoms with Gasteiger partial charge in [-0.3, -0.25) is 4.79 Å². The van der Waals surface area contributed by atoms with Crippen LogP contribution in [0.1, 0.15) is 19.4 Å². The molecule has 1 aromatic carbocycles. The molecule has 0 atom stereocenters. The average Bonchev–Trinajstić information content (AvgIpc) is 2.36. The molecule has 0 saturated heterocycles. The van der Waals surface area contributed by atoms with Crippen molar-refractivity contribution in [2.75, 3.05) is 24.6 Å².